The van der Waals surface area contributed by atoms with Crippen molar-refractivity contribution in [2.24, 2.45) is 5.92 Å². The van der Waals surface area contributed by atoms with Crippen molar-refractivity contribution in [3.05, 3.63) is 36.2 Å². The van der Waals surface area contributed by atoms with Gasteiger partial charge in [-0.15, -0.1) is 10.2 Å². The number of aliphatic hydroxyl groups excluding tert-OH is 1. The van der Waals surface area contributed by atoms with Gasteiger partial charge in [-0.2, -0.15) is 0 Å². The van der Waals surface area contributed by atoms with E-state index in [-0.39, 0.29) is 18.4 Å². The molecule has 0 aliphatic rings. The number of carbonyl (C=O) groups excluding carboxylic acids is 1. The first-order chi connectivity index (χ1) is 11.1. The second-order valence-electron chi connectivity index (χ2n) is 5.68. The summed E-state index contributed by atoms with van der Waals surface area (Å²) in [4.78, 5) is 12.1. The summed E-state index contributed by atoms with van der Waals surface area (Å²) in [5, 5.41) is 20.7. The summed E-state index contributed by atoms with van der Waals surface area (Å²) < 4.78 is 1.94. The Morgan fingerprint density at radius 3 is 2.61 bits per heavy atom. The van der Waals surface area contributed by atoms with E-state index in [0.717, 1.165) is 24.4 Å². The summed E-state index contributed by atoms with van der Waals surface area (Å²) in [5.74, 6) is 0.764. The van der Waals surface area contributed by atoms with Crippen LogP contribution in [0.15, 0.2) is 30.6 Å². The molecule has 2 rings (SSSR count). The SMILES string of the molecule is CCC(C)C(O)CNC(=O)c1ccc(-c2nncn2CC)cc1. The van der Waals surface area contributed by atoms with Gasteiger partial charge in [0, 0.05) is 24.2 Å². The number of aromatic nitrogens is 3. The molecule has 1 heterocycles. The third-order valence-corrected chi connectivity index (χ3v) is 4.13. The minimum absolute atomic E-state index is 0.165. The van der Waals surface area contributed by atoms with Crippen LogP contribution in [0.5, 0.6) is 0 Å². The van der Waals surface area contributed by atoms with Crippen LogP contribution in [0, 0.1) is 5.92 Å². The molecule has 0 aliphatic heterocycles. The Balaban J connectivity index is 2.00. The van der Waals surface area contributed by atoms with Gasteiger partial charge in [0.1, 0.15) is 6.33 Å². The topological polar surface area (TPSA) is 80.0 Å². The number of nitrogens with one attached hydrogen (secondary N) is 1. The highest BCUT2D eigenvalue weighted by molar-refractivity contribution is 5.94. The summed E-state index contributed by atoms with van der Waals surface area (Å²) in [7, 11) is 0. The Morgan fingerprint density at radius 1 is 1.30 bits per heavy atom. The monoisotopic (exact) mass is 316 g/mol. The summed E-state index contributed by atoms with van der Waals surface area (Å²) in [6.07, 6.45) is 2.04. The molecule has 0 bridgehead atoms. The van der Waals surface area contributed by atoms with Crippen molar-refractivity contribution in [3.8, 4) is 11.4 Å². The summed E-state index contributed by atoms with van der Waals surface area (Å²) >= 11 is 0. The first kappa shape index (κ1) is 17.1. The predicted octanol–water partition coefficient (Wildman–Crippen LogP) is 2.10. The molecule has 6 heteroatoms. The van der Waals surface area contributed by atoms with Crippen LogP contribution in [0.4, 0.5) is 0 Å². The Hall–Kier alpha value is -2.21. The molecule has 2 N–H and O–H groups in total. The van der Waals surface area contributed by atoms with E-state index in [0.29, 0.717) is 5.56 Å². The van der Waals surface area contributed by atoms with Crippen LogP contribution in [0.1, 0.15) is 37.6 Å². The Labute approximate surface area is 136 Å². The average Bonchev–Trinajstić information content (AvgIpc) is 3.07. The lowest BCUT2D eigenvalue weighted by Crippen LogP contribution is -2.35. The van der Waals surface area contributed by atoms with Gasteiger partial charge < -0.3 is 15.0 Å². The van der Waals surface area contributed by atoms with E-state index >= 15 is 0 Å². The zero-order valence-electron chi connectivity index (χ0n) is 13.9. The molecule has 23 heavy (non-hydrogen) atoms. The lowest BCUT2D eigenvalue weighted by atomic mass is 10.0. The van der Waals surface area contributed by atoms with Crippen LogP contribution in [0.3, 0.4) is 0 Å². The van der Waals surface area contributed by atoms with E-state index in [2.05, 4.69) is 15.5 Å². The van der Waals surface area contributed by atoms with Crippen LogP contribution in [-0.4, -0.2) is 38.4 Å². The summed E-state index contributed by atoms with van der Waals surface area (Å²) in [5.41, 5.74) is 1.48. The van der Waals surface area contributed by atoms with Crippen molar-refractivity contribution in [1.82, 2.24) is 20.1 Å². The van der Waals surface area contributed by atoms with E-state index in [1.165, 1.54) is 0 Å². The largest absolute Gasteiger partial charge is 0.391 e. The average molecular weight is 316 g/mol. The van der Waals surface area contributed by atoms with Gasteiger partial charge in [-0.3, -0.25) is 4.79 Å². The molecule has 6 nitrogen and oxygen atoms in total. The van der Waals surface area contributed by atoms with Gasteiger partial charge in [-0.1, -0.05) is 32.4 Å². The zero-order valence-corrected chi connectivity index (χ0v) is 13.9. The maximum absolute atomic E-state index is 12.1. The molecular weight excluding hydrogens is 292 g/mol. The molecule has 1 aromatic carbocycles. The van der Waals surface area contributed by atoms with E-state index in [1.807, 2.05) is 37.5 Å². The molecule has 0 radical (unpaired) electrons. The third kappa shape index (κ3) is 4.16. The van der Waals surface area contributed by atoms with Crippen molar-refractivity contribution in [1.29, 1.82) is 0 Å². The molecule has 2 atom stereocenters. The number of benzene rings is 1. The summed E-state index contributed by atoms with van der Waals surface area (Å²) in [6.45, 7) is 7.06. The van der Waals surface area contributed by atoms with Gasteiger partial charge in [-0.25, -0.2) is 0 Å². The molecule has 2 unspecified atom stereocenters. The smallest absolute Gasteiger partial charge is 0.251 e. The molecule has 0 fully saturated rings. The van der Waals surface area contributed by atoms with Crippen LogP contribution < -0.4 is 5.32 Å². The fourth-order valence-electron chi connectivity index (χ4n) is 2.25. The number of hydrogen-bond acceptors (Lipinski definition) is 4. The van der Waals surface area contributed by atoms with Crippen LogP contribution >= 0.6 is 0 Å². The van der Waals surface area contributed by atoms with Crippen molar-refractivity contribution in [2.75, 3.05) is 6.54 Å². The second kappa shape index (κ2) is 7.87. The summed E-state index contributed by atoms with van der Waals surface area (Å²) in [6, 6.07) is 7.23. The number of carbonyl (C=O) groups is 1. The first-order valence-corrected chi connectivity index (χ1v) is 8.01. The number of rotatable bonds is 7. The van der Waals surface area contributed by atoms with Crippen molar-refractivity contribution < 1.29 is 9.90 Å². The molecule has 2 aromatic rings. The van der Waals surface area contributed by atoms with E-state index in [4.69, 9.17) is 0 Å². The highest BCUT2D eigenvalue weighted by atomic mass is 16.3. The van der Waals surface area contributed by atoms with Crippen LogP contribution in [0.25, 0.3) is 11.4 Å². The molecule has 1 aromatic heterocycles. The van der Waals surface area contributed by atoms with Gasteiger partial charge in [0.25, 0.3) is 5.91 Å². The zero-order chi connectivity index (χ0) is 16.8. The minimum Gasteiger partial charge on any atom is -0.391 e. The number of aliphatic hydroxyl groups is 1. The minimum atomic E-state index is -0.522. The molecule has 1 amide bonds. The van der Waals surface area contributed by atoms with Gasteiger partial charge in [0.05, 0.1) is 6.10 Å². The highest BCUT2D eigenvalue weighted by Crippen LogP contribution is 2.17. The highest BCUT2D eigenvalue weighted by Gasteiger charge is 2.14. The number of nitrogens with zero attached hydrogens (tertiary/aromatic N) is 3. The van der Waals surface area contributed by atoms with E-state index in [1.54, 1.807) is 18.5 Å². The van der Waals surface area contributed by atoms with Crippen LogP contribution in [0.2, 0.25) is 0 Å². The number of hydrogen-bond donors (Lipinski definition) is 2. The first-order valence-electron chi connectivity index (χ1n) is 8.01. The third-order valence-electron chi connectivity index (χ3n) is 4.13. The van der Waals surface area contributed by atoms with Crippen molar-refractivity contribution in [3.63, 3.8) is 0 Å². The molecular formula is C17H24N4O2. The fourth-order valence-corrected chi connectivity index (χ4v) is 2.25. The normalized spacial score (nSPS) is 13.6. The maximum Gasteiger partial charge on any atom is 0.251 e. The molecule has 124 valence electrons. The van der Waals surface area contributed by atoms with Gasteiger partial charge in [0.15, 0.2) is 5.82 Å². The molecule has 0 spiro atoms. The standard InChI is InChI=1S/C17H24N4O2/c1-4-12(3)15(22)10-18-17(23)14-8-6-13(7-9-14)16-20-19-11-21(16)5-2/h6-9,11-12,15,22H,4-5,10H2,1-3H3,(H,18,23). The van der Waals surface area contributed by atoms with Gasteiger partial charge in [-0.05, 0) is 25.0 Å². The Kier molecular flexibility index (Phi) is 5.87. The molecule has 0 saturated heterocycles. The van der Waals surface area contributed by atoms with E-state index < -0.39 is 6.10 Å². The fraction of sp³-hybridized carbons (Fsp3) is 0.471. The Bertz CT molecular complexity index is 636. The molecule has 0 aliphatic carbocycles. The van der Waals surface area contributed by atoms with Crippen molar-refractivity contribution >= 4 is 5.91 Å². The molecule has 0 saturated carbocycles. The van der Waals surface area contributed by atoms with Gasteiger partial charge in [0.2, 0.25) is 0 Å². The van der Waals surface area contributed by atoms with Crippen LogP contribution in [-0.2, 0) is 6.54 Å². The predicted molar refractivity (Wildman–Crippen MR) is 88.9 cm³/mol. The number of aryl methyl sites for hydroxylation is 1. The Morgan fingerprint density at radius 2 is 2.00 bits per heavy atom. The van der Waals surface area contributed by atoms with Crippen molar-refractivity contribution in [2.45, 2.75) is 39.8 Å². The lowest BCUT2D eigenvalue weighted by Gasteiger charge is -2.17. The lowest BCUT2D eigenvalue weighted by molar-refractivity contribution is 0.0850. The quantitative estimate of drug-likeness (QED) is 0.820. The van der Waals surface area contributed by atoms with E-state index in [9.17, 15) is 9.90 Å². The van der Waals surface area contributed by atoms with Gasteiger partial charge >= 0.3 is 0 Å². The second-order valence-corrected chi connectivity index (χ2v) is 5.68. The maximum atomic E-state index is 12.1. The number of amides is 1.